The van der Waals surface area contributed by atoms with Gasteiger partial charge in [0, 0.05) is 21.1 Å². The van der Waals surface area contributed by atoms with E-state index in [-0.39, 0.29) is 6.04 Å². The monoisotopic (exact) mass is 287 g/mol. The Kier molecular flexibility index (Phi) is 4.36. The van der Waals surface area contributed by atoms with Crippen LogP contribution in [0.15, 0.2) is 29.9 Å². The molecule has 0 saturated carbocycles. The van der Waals surface area contributed by atoms with E-state index < -0.39 is 0 Å². The molecule has 1 aromatic carbocycles. The molecule has 1 unspecified atom stereocenters. The van der Waals surface area contributed by atoms with Crippen LogP contribution in [0.5, 0.6) is 0 Å². The zero-order chi connectivity index (χ0) is 12.3. The van der Waals surface area contributed by atoms with E-state index in [1.165, 1.54) is 0 Å². The molecule has 6 heteroatoms. The normalized spacial score (nSPS) is 12.6. The number of nitrogens with one attached hydrogen (secondary N) is 1. The topological polar surface area (TPSA) is 50.9 Å². The Bertz CT molecular complexity index is 487. The largest absolute Gasteiger partial charge is 0.271 e. The highest BCUT2D eigenvalue weighted by atomic mass is 35.5. The van der Waals surface area contributed by atoms with E-state index in [4.69, 9.17) is 29.0 Å². The number of nitrogens with zero attached hydrogens (tertiary/aromatic N) is 1. The average molecular weight is 288 g/mol. The van der Waals surface area contributed by atoms with Crippen molar-refractivity contribution in [2.75, 3.05) is 0 Å². The summed E-state index contributed by atoms with van der Waals surface area (Å²) in [5.41, 5.74) is 5.56. The second-order valence-electron chi connectivity index (χ2n) is 3.56. The minimum atomic E-state index is 0.0150. The number of aromatic nitrogens is 1. The van der Waals surface area contributed by atoms with Crippen LogP contribution in [-0.2, 0) is 6.42 Å². The number of benzene rings is 1. The first-order valence-electron chi connectivity index (χ1n) is 4.99. The van der Waals surface area contributed by atoms with Gasteiger partial charge in [-0.05, 0) is 24.1 Å². The predicted octanol–water partition coefficient (Wildman–Crippen LogP) is 3.20. The molecular weight excluding hydrogens is 277 g/mol. The third kappa shape index (κ3) is 3.18. The van der Waals surface area contributed by atoms with Crippen molar-refractivity contribution < 1.29 is 0 Å². The van der Waals surface area contributed by atoms with Crippen LogP contribution in [0.3, 0.4) is 0 Å². The van der Waals surface area contributed by atoms with Gasteiger partial charge in [-0.15, -0.1) is 11.3 Å². The Morgan fingerprint density at radius 3 is 2.82 bits per heavy atom. The van der Waals surface area contributed by atoms with Gasteiger partial charge in [0.2, 0.25) is 0 Å². The lowest BCUT2D eigenvalue weighted by Gasteiger charge is -2.14. The molecule has 0 amide bonds. The number of hydrogen-bond acceptors (Lipinski definition) is 4. The van der Waals surface area contributed by atoms with E-state index in [9.17, 15) is 0 Å². The van der Waals surface area contributed by atoms with Gasteiger partial charge in [0.1, 0.15) is 0 Å². The summed E-state index contributed by atoms with van der Waals surface area (Å²) in [6, 6.07) is 5.48. The lowest BCUT2D eigenvalue weighted by molar-refractivity contribution is 0.560. The molecule has 2 aromatic rings. The molecule has 17 heavy (non-hydrogen) atoms. The Hall–Kier alpha value is -0.650. The van der Waals surface area contributed by atoms with Crippen LogP contribution in [0.4, 0.5) is 0 Å². The van der Waals surface area contributed by atoms with Gasteiger partial charge in [-0.1, -0.05) is 29.3 Å². The number of hydrazine groups is 1. The highest BCUT2D eigenvalue weighted by Crippen LogP contribution is 2.27. The molecule has 1 atom stereocenters. The molecule has 0 aliphatic rings. The van der Waals surface area contributed by atoms with Gasteiger partial charge in [0.05, 0.1) is 11.6 Å². The quantitative estimate of drug-likeness (QED) is 0.671. The van der Waals surface area contributed by atoms with Gasteiger partial charge >= 0.3 is 0 Å². The summed E-state index contributed by atoms with van der Waals surface area (Å²) in [7, 11) is 0. The lowest BCUT2D eigenvalue weighted by atomic mass is 10.1. The highest BCUT2D eigenvalue weighted by molar-refractivity contribution is 7.09. The van der Waals surface area contributed by atoms with Crippen LogP contribution >= 0.6 is 34.5 Å². The Morgan fingerprint density at radius 1 is 1.41 bits per heavy atom. The molecule has 1 aromatic heterocycles. The van der Waals surface area contributed by atoms with Crippen LogP contribution in [0.2, 0.25) is 10.0 Å². The zero-order valence-electron chi connectivity index (χ0n) is 8.86. The van der Waals surface area contributed by atoms with Gasteiger partial charge in [-0.25, -0.2) is 0 Å². The molecular formula is C11H11Cl2N3S. The van der Waals surface area contributed by atoms with Crippen LogP contribution in [0, 0.1) is 0 Å². The van der Waals surface area contributed by atoms with Gasteiger partial charge in [-0.3, -0.25) is 16.3 Å². The summed E-state index contributed by atoms with van der Waals surface area (Å²) < 4.78 is 0. The van der Waals surface area contributed by atoms with E-state index in [0.717, 1.165) is 10.4 Å². The molecule has 90 valence electrons. The lowest BCUT2D eigenvalue weighted by Crippen LogP contribution is -2.29. The van der Waals surface area contributed by atoms with E-state index in [2.05, 4.69) is 10.4 Å². The third-order valence-electron chi connectivity index (χ3n) is 2.44. The standard InChI is InChI=1S/C11H11Cl2N3S/c12-8-2-1-7(9(13)4-8)3-10(16-14)11-5-15-6-17-11/h1-2,4-6,10,16H,3,14H2. The molecule has 0 bridgehead atoms. The minimum absolute atomic E-state index is 0.0150. The summed E-state index contributed by atoms with van der Waals surface area (Å²) in [6.45, 7) is 0. The first-order chi connectivity index (χ1) is 8.20. The fourth-order valence-corrected chi connectivity index (χ4v) is 2.71. The molecule has 0 spiro atoms. The van der Waals surface area contributed by atoms with Gasteiger partial charge in [0.25, 0.3) is 0 Å². The van der Waals surface area contributed by atoms with E-state index >= 15 is 0 Å². The minimum Gasteiger partial charge on any atom is -0.271 e. The van der Waals surface area contributed by atoms with Crippen molar-refractivity contribution in [3.05, 3.63) is 50.4 Å². The Balaban J connectivity index is 2.19. The summed E-state index contributed by atoms with van der Waals surface area (Å²) in [5.74, 6) is 5.55. The number of hydrogen-bond donors (Lipinski definition) is 2. The highest BCUT2D eigenvalue weighted by Gasteiger charge is 2.14. The molecule has 2 rings (SSSR count). The van der Waals surface area contributed by atoms with Crippen LogP contribution in [0.25, 0.3) is 0 Å². The van der Waals surface area contributed by atoms with Gasteiger partial charge < -0.3 is 0 Å². The van der Waals surface area contributed by atoms with Crippen molar-refractivity contribution in [3.63, 3.8) is 0 Å². The van der Waals surface area contributed by atoms with E-state index in [1.807, 2.05) is 12.1 Å². The second kappa shape index (κ2) is 5.80. The first-order valence-corrected chi connectivity index (χ1v) is 6.62. The molecule has 0 aliphatic carbocycles. The molecule has 1 heterocycles. The molecule has 3 nitrogen and oxygen atoms in total. The van der Waals surface area contributed by atoms with Crippen LogP contribution in [-0.4, -0.2) is 4.98 Å². The van der Waals surface area contributed by atoms with Crippen molar-refractivity contribution in [2.45, 2.75) is 12.5 Å². The average Bonchev–Trinajstić information content (AvgIpc) is 2.81. The Morgan fingerprint density at radius 2 is 2.24 bits per heavy atom. The molecule has 3 N–H and O–H groups in total. The number of thiazole rings is 1. The Labute approximate surface area is 114 Å². The maximum Gasteiger partial charge on any atom is 0.0794 e. The van der Waals surface area contributed by atoms with E-state index in [0.29, 0.717) is 16.5 Å². The fourth-order valence-electron chi connectivity index (χ4n) is 1.55. The molecule has 0 saturated heterocycles. The molecule has 0 fully saturated rings. The van der Waals surface area contributed by atoms with Crippen molar-refractivity contribution in [3.8, 4) is 0 Å². The predicted molar refractivity (Wildman–Crippen MR) is 72.3 cm³/mol. The fraction of sp³-hybridized carbons (Fsp3) is 0.182. The first kappa shape index (κ1) is 12.8. The van der Waals surface area contributed by atoms with E-state index in [1.54, 1.807) is 29.1 Å². The third-order valence-corrected chi connectivity index (χ3v) is 3.91. The number of rotatable bonds is 4. The maximum absolute atomic E-state index is 6.13. The number of halogens is 2. The summed E-state index contributed by atoms with van der Waals surface area (Å²) in [4.78, 5) is 5.12. The summed E-state index contributed by atoms with van der Waals surface area (Å²) >= 11 is 13.5. The molecule has 0 radical (unpaired) electrons. The van der Waals surface area contributed by atoms with Crippen LogP contribution < -0.4 is 11.3 Å². The SMILES string of the molecule is NNC(Cc1ccc(Cl)cc1Cl)c1cncs1. The summed E-state index contributed by atoms with van der Waals surface area (Å²) in [6.07, 6.45) is 2.51. The van der Waals surface area contributed by atoms with Crippen molar-refractivity contribution in [2.24, 2.45) is 5.84 Å². The van der Waals surface area contributed by atoms with Gasteiger partial charge in [-0.2, -0.15) is 0 Å². The van der Waals surface area contributed by atoms with Crippen molar-refractivity contribution >= 4 is 34.5 Å². The van der Waals surface area contributed by atoms with Crippen molar-refractivity contribution in [1.29, 1.82) is 0 Å². The van der Waals surface area contributed by atoms with Gasteiger partial charge in [0.15, 0.2) is 0 Å². The number of nitrogens with two attached hydrogens (primary N) is 1. The smallest absolute Gasteiger partial charge is 0.0794 e. The zero-order valence-corrected chi connectivity index (χ0v) is 11.2. The molecule has 0 aliphatic heterocycles. The van der Waals surface area contributed by atoms with Crippen molar-refractivity contribution in [1.82, 2.24) is 10.4 Å². The maximum atomic E-state index is 6.13. The summed E-state index contributed by atoms with van der Waals surface area (Å²) in [5, 5.41) is 1.29. The second-order valence-corrected chi connectivity index (χ2v) is 5.32. The van der Waals surface area contributed by atoms with Crippen LogP contribution in [0.1, 0.15) is 16.5 Å².